The lowest BCUT2D eigenvalue weighted by Gasteiger charge is -2.26. The second-order valence-electron chi connectivity index (χ2n) is 7.96. The van der Waals surface area contributed by atoms with E-state index in [9.17, 15) is 4.57 Å². The highest BCUT2D eigenvalue weighted by molar-refractivity contribution is 8.90. The van der Waals surface area contributed by atoms with Gasteiger partial charge in [-0.1, -0.05) is 62.3 Å². The molecular formula is C18H39O2PS5. The zero-order valence-corrected chi connectivity index (χ0v) is 23.0. The van der Waals surface area contributed by atoms with E-state index in [1.807, 2.05) is 23.5 Å². The lowest BCUT2D eigenvalue weighted by atomic mass is 10.1. The summed E-state index contributed by atoms with van der Waals surface area (Å²) in [5.74, 6) is -2.24. The molecule has 0 fully saturated rings. The van der Waals surface area contributed by atoms with Gasteiger partial charge in [-0.15, -0.1) is 35.3 Å². The lowest BCUT2D eigenvalue weighted by Crippen LogP contribution is -2.14. The van der Waals surface area contributed by atoms with Crippen molar-refractivity contribution in [1.82, 2.24) is 0 Å². The van der Waals surface area contributed by atoms with Crippen molar-refractivity contribution in [1.29, 1.82) is 0 Å². The van der Waals surface area contributed by atoms with Crippen molar-refractivity contribution in [3.05, 3.63) is 0 Å². The van der Waals surface area contributed by atoms with E-state index >= 15 is 0 Å². The second-order valence-corrected chi connectivity index (χ2v) is 21.1. The van der Waals surface area contributed by atoms with Gasteiger partial charge in [-0.05, 0) is 42.0 Å². The number of hydrogen-bond acceptors (Lipinski definition) is 7. The molecule has 2 nitrogen and oxygen atoms in total. The standard InChI is InChI=1S/C18H39O2PS5/c1-10-16(4,5)22-13-20-21(19,25-14-23-17(6,7)11-2)26-15-24-18(8,9)12-3/h10-15H2,1-9H3. The molecule has 0 rings (SSSR count). The molecule has 0 aromatic heterocycles. The van der Waals surface area contributed by atoms with Gasteiger partial charge in [0.25, 0.3) is 0 Å². The number of hydrogen-bond donors (Lipinski definition) is 0. The first-order valence-corrected chi connectivity index (χ1v) is 17.0. The Bertz CT molecular complexity index is 379. The largest absolute Gasteiger partial charge is 0.315 e. The van der Waals surface area contributed by atoms with E-state index in [4.69, 9.17) is 4.52 Å². The first kappa shape index (κ1) is 27.9. The minimum absolute atomic E-state index is 0.165. The Morgan fingerprint density at radius 3 is 1.38 bits per heavy atom. The summed E-state index contributed by atoms with van der Waals surface area (Å²) in [7, 11) is 0. The maximum Gasteiger partial charge on any atom is 0.315 e. The fourth-order valence-corrected chi connectivity index (χ4v) is 14.8. The maximum absolute atomic E-state index is 13.4. The van der Waals surface area contributed by atoms with E-state index in [0.29, 0.717) is 5.94 Å². The first-order chi connectivity index (χ1) is 11.8. The Balaban J connectivity index is 4.71. The quantitative estimate of drug-likeness (QED) is 0.171. The molecule has 0 saturated carbocycles. The van der Waals surface area contributed by atoms with Crippen molar-refractivity contribution in [2.45, 2.75) is 95.8 Å². The normalized spacial score (nSPS) is 14.0. The lowest BCUT2D eigenvalue weighted by molar-refractivity contribution is 0.403. The number of thioether (sulfide) groups is 3. The molecule has 0 saturated heterocycles. The van der Waals surface area contributed by atoms with Gasteiger partial charge in [0.2, 0.25) is 0 Å². The van der Waals surface area contributed by atoms with Crippen molar-refractivity contribution in [3.8, 4) is 0 Å². The molecule has 158 valence electrons. The van der Waals surface area contributed by atoms with Crippen molar-refractivity contribution in [2.24, 2.45) is 0 Å². The van der Waals surface area contributed by atoms with Crippen LogP contribution in [0.4, 0.5) is 0 Å². The first-order valence-electron chi connectivity index (χ1n) is 9.26. The Labute approximate surface area is 184 Å². The van der Waals surface area contributed by atoms with Gasteiger partial charge >= 0.3 is 5.77 Å². The van der Waals surface area contributed by atoms with Crippen LogP contribution in [0.15, 0.2) is 0 Å². The van der Waals surface area contributed by atoms with E-state index in [-0.39, 0.29) is 14.2 Å². The average molecular weight is 479 g/mol. The molecule has 0 spiro atoms. The molecule has 0 aliphatic rings. The van der Waals surface area contributed by atoms with Crippen molar-refractivity contribution in [2.75, 3.05) is 16.1 Å². The molecule has 0 unspecified atom stereocenters. The molecule has 0 aliphatic heterocycles. The summed E-state index contributed by atoms with van der Waals surface area (Å²) >= 11 is 8.54. The topological polar surface area (TPSA) is 26.3 Å². The molecule has 0 aliphatic carbocycles. The smallest absolute Gasteiger partial charge is 0.303 e. The van der Waals surface area contributed by atoms with E-state index in [2.05, 4.69) is 62.3 Å². The zero-order chi connectivity index (χ0) is 20.5. The van der Waals surface area contributed by atoms with Crippen molar-refractivity contribution >= 4 is 63.8 Å². The SMILES string of the molecule is CCC(C)(C)SCOP(=O)(SCSC(C)(C)CC)SCSC(C)(C)CC. The molecule has 0 radical (unpaired) electrons. The monoisotopic (exact) mass is 478 g/mol. The third-order valence-electron chi connectivity index (χ3n) is 4.54. The molecule has 0 heterocycles. The molecular weight excluding hydrogens is 440 g/mol. The summed E-state index contributed by atoms with van der Waals surface area (Å²) in [5, 5.41) is 1.63. The predicted molar refractivity (Wildman–Crippen MR) is 134 cm³/mol. The predicted octanol–water partition coefficient (Wildman–Crippen LogP) is 9.22. The highest BCUT2D eigenvalue weighted by Crippen LogP contribution is 2.72. The van der Waals surface area contributed by atoms with Crippen LogP contribution in [-0.4, -0.2) is 30.3 Å². The maximum atomic E-state index is 13.4. The molecule has 0 N–H and O–H groups in total. The molecule has 0 amide bonds. The van der Waals surface area contributed by atoms with Crippen LogP contribution in [0.5, 0.6) is 0 Å². The van der Waals surface area contributed by atoms with Gasteiger partial charge in [-0.3, -0.25) is 4.57 Å². The van der Waals surface area contributed by atoms with E-state index in [1.54, 1.807) is 11.8 Å². The highest BCUT2D eigenvalue weighted by Gasteiger charge is 2.29. The van der Waals surface area contributed by atoms with Crippen LogP contribution < -0.4 is 0 Å². The van der Waals surface area contributed by atoms with Gasteiger partial charge in [0, 0.05) is 24.4 Å². The highest BCUT2D eigenvalue weighted by atomic mass is 33.1. The van der Waals surface area contributed by atoms with Gasteiger partial charge in [-0.25, -0.2) is 0 Å². The van der Waals surface area contributed by atoms with E-state index in [0.717, 1.165) is 29.4 Å². The third kappa shape index (κ3) is 13.2. The van der Waals surface area contributed by atoms with Gasteiger partial charge in [0.15, 0.2) is 0 Å². The molecule has 0 aromatic carbocycles. The van der Waals surface area contributed by atoms with Crippen LogP contribution >= 0.6 is 63.8 Å². The van der Waals surface area contributed by atoms with Crippen LogP contribution in [-0.2, 0) is 9.09 Å². The molecule has 0 bridgehead atoms. The fourth-order valence-electron chi connectivity index (χ4n) is 1.17. The minimum Gasteiger partial charge on any atom is -0.303 e. The van der Waals surface area contributed by atoms with Crippen LogP contribution in [0.25, 0.3) is 0 Å². The Hall–Kier alpha value is 1.94. The molecule has 8 heteroatoms. The van der Waals surface area contributed by atoms with Crippen molar-refractivity contribution < 1.29 is 9.09 Å². The van der Waals surface area contributed by atoms with Crippen LogP contribution in [0.3, 0.4) is 0 Å². The average Bonchev–Trinajstić information content (AvgIpc) is 2.54. The summed E-state index contributed by atoms with van der Waals surface area (Å²) in [6.07, 6.45) is 3.29. The zero-order valence-electron chi connectivity index (χ0n) is 18.0. The van der Waals surface area contributed by atoms with Crippen LogP contribution in [0.2, 0.25) is 0 Å². The van der Waals surface area contributed by atoms with Crippen LogP contribution in [0.1, 0.15) is 81.6 Å². The molecule has 0 aromatic rings. The van der Waals surface area contributed by atoms with E-state index in [1.165, 1.54) is 22.8 Å². The fraction of sp³-hybridized carbons (Fsp3) is 1.00. The third-order valence-corrected chi connectivity index (χ3v) is 17.3. The minimum atomic E-state index is -2.74. The summed E-state index contributed by atoms with van der Waals surface area (Å²) in [5.41, 5.74) is 0. The number of rotatable bonds is 15. The van der Waals surface area contributed by atoms with Gasteiger partial charge < -0.3 is 4.52 Å². The Morgan fingerprint density at radius 2 is 1.04 bits per heavy atom. The van der Waals surface area contributed by atoms with Crippen LogP contribution in [0, 0.1) is 0 Å². The van der Waals surface area contributed by atoms with Gasteiger partial charge in [0.1, 0.15) is 5.94 Å². The van der Waals surface area contributed by atoms with Gasteiger partial charge in [0.05, 0.1) is 0 Å². The second kappa shape index (κ2) is 12.6. The molecule has 26 heavy (non-hydrogen) atoms. The summed E-state index contributed by atoms with van der Waals surface area (Å²) in [6, 6.07) is 0. The Kier molecular flexibility index (Phi) is 13.5. The molecule has 0 atom stereocenters. The summed E-state index contributed by atoms with van der Waals surface area (Å²) in [4.78, 5) is 0. The Morgan fingerprint density at radius 1 is 0.692 bits per heavy atom. The van der Waals surface area contributed by atoms with E-state index < -0.39 is 5.77 Å². The van der Waals surface area contributed by atoms with Crippen molar-refractivity contribution in [3.63, 3.8) is 0 Å². The summed E-state index contributed by atoms with van der Waals surface area (Å²) < 4.78 is 20.0. The summed E-state index contributed by atoms with van der Waals surface area (Å²) in [6.45, 7) is 20.0. The van der Waals surface area contributed by atoms with Gasteiger partial charge in [-0.2, -0.15) is 0 Å².